The van der Waals surface area contributed by atoms with Crippen molar-refractivity contribution in [3.05, 3.63) is 52.5 Å². The zero-order valence-electron chi connectivity index (χ0n) is 12.5. The molecule has 0 atom stereocenters. The lowest BCUT2D eigenvalue weighted by atomic mass is 10.1. The maximum absolute atomic E-state index is 12.3. The Morgan fingerprint density at radius 3 is 2.57 bits per heavy atom. The number of rotatable bonds is 4. The molecule has 0 aliphatic heterocycles. The number of nitrogens with one attached hydrogen (secondary N) is 1. The van der Waals surface area contributed by atoms with E-state index in [4.69, 9.17) is 21.5 Å². The van der Waals surface area contributed by atoms with E-state index in [-0.39, 0.29) is 16.2 Å². The van der Waals surface area contributed by atoms with E-state index in [1.165, 1.54) is 25.3 Å². The summed E-state index contributed by atoms with van der Waals surface area (Å²) in [5, 5.41) is 8.34. The Morgan fingerprint density at radius 2 is 1.96 bits per heavy atom. The third-order valence-corrected chi connectivity index (χ3v) is 4.59. The largest absolute Gasteiger partial charge is 0.495 e. The molecule has 0 aliphatic rings. The van der Waals surface area contributed by atoms with Gasteiger partial charge in [0.05, 0.1) is 7.11 Å². The van der Waals surface area contributed by atoms with Gasteiger partial charge in [0.15, 0.2) is 0 Å². The lowest BCUT2D eigenvalue weighted by Crippen LogP contribution is -2.17. The second-order valence-electron chi connectivity index (χ2n) is 4.78. The van der Waals surface area contributed by atoms with E-state index in [1.807, 2.05) is 0 Å². The average molecular weight is 355 g/mol. The zero-order valence-corrected chi connectivity index (χ0v) is 14.0. The number of methoxy groups -OCH3 is 1. The molecular weight excluding hydrogens is 340 g/mol. The predicted molar refractivity (Wildman–Crippen MR) is 88.5 cm³/mol. The van der Waals surface area contributed by atoms with Crippen LogP contribution in [0.5, 0.6) is 5.75 Å². The van der Waals surface area contributed by atoms with Crippen LogP contribution in [-0.4, -0.2) is 21.4 Å². The summed E-state index contributed by atoms with van der Waals surface area (Å²) in [7, 11) is -2.70. The van der Waals surface area contributed by atoms with Crippen molar-refractivity contribution in [2.24, 2.45) is 5.14 Å². The molecule has 0 saturated carbocycles. The molecule has 2 aromatic rings. The van der Waals surface area contributed by atoms with Crippen LogP contribution in [0.4, 0.5) is 5.69 Å². The first kappa shape index (κ1) is 17.3. The minimum Gasteiger partial charge on any atom is -0.495 e. The molecule has 3 N–H and O–H groups in total. The maximum atomic E-state index is 12.3. The van der Waals surface area contributed by atoms with E-state index in [1.54, 1.807) is 25.1 Å². The number of halogens is 1. The normalized spacial score (nSPS) is 11.1. The van der Waals surface area contributed by atoms with Gasteiger partial charge in [0, 0.05) is 16.3 Å². The van der Waals surface area contributed by atoms with Gasteiger partial charge in [-0.2, -0.15) is 0 Å². The molecule has 0 heterocycles. The van der Waals surface area contributed by atoms with Crippen LogP contribution in [0.15, 0.2) is 41.3 Å². The first-order valence-corrected chi connectivity index (χ1v) is 8.43. The van der Waals surface area contributed by atoms with Gasteiger partial charge in [-0.3, -0.25) is 4.79 Å². The smallest absolute Gasteiger partial charge is 0.255 e. The van der Waals surface area contributed by atoms with Gasteiger partial charge >= 0.3 is 0 Å². The summed E-state index contributed by atoms with van der Waals surface area (Å²) >= 11 is 6.00. The molecule has 0 aliphatic carbocycles. The number of sulfonamides is 1. The molecule has 2 aromatic carbocycles. The Labute approximate surface area is 139 Å². The molecule has 6 nitrogen and oxygen atoms in total. The van der Waals surface area contributed by atoms with Gasteiger partial charge in [-0.1, -0.05) is 17.7 Å². The van der Waals surface area contributed by atoms with Gasteiger partial charge in [0.1, 0.15) is 10.6 Å². The number of nitrogens with two attached hydrogens (primary N) is 1. The number of ether oxygens (including phenoxy) is 1. The first-order valence-electron chi connectivity index (χ1n) is 6.51. The van der Waals surface area contributed by atoms with Crippen LogP contribution in [0.25, 0.3) is 0 Å². The highest BCUT2D eigenvalue weighted by Gasteiger charge is 2.18. The molecule has 2 rings (SSSR count). The van der Waals surface area contributed by atoms with Crippen molar-refractivity contribution in [3.63, 3.8) is 0 Å². The van der Waals surface area contributed by atoms with Crippen molar-refractivity contribution >= 4 is 33.2 Å². The van der Waals surface area contributed by atoms with Crippen LogP contribution < -0.4 is 15.2 Å². The van der Waals surface area contributed by atoms with E-state index in [0.717, 1.165) is 0 Å². The summed E-state index contributed by atoms with van der Waals surface area (Å²) < 4.78 is 28.1. The topological polar surface area (TPSA) is 98.5 Å². The van der Waals surface area contributed by atoms with Gasteiger partial charge < -0.3 is 10.1 Å². The highest BCUT2D eigenvalue weighted by molar-refractivity contribution is 7.89. The maximum Gasteiger partial charge on any atom is 0.255 e. The van der Waals surface area contributed by atoms with Crippen LogP contribution in [0.1, 0.15) is 15.9 Å². The minimum absolute atomic E-state index is 0.0722. The number of primary sulfonamides is 1. The molecule has 0 saturated heterocycles. The Morgan fingerprint density at radius 1 is 1.26 bits per heavy atom. The van der Waals surface area contributed by atoms with Crippen LogP contribution in [-0.2, 0) is 10.0 Å². The number of carbonyl (C=O) groups excluding carboxylic acids is 1. The van der Waals surface area contributed by atoms with Gasteiger partial charge in [-0.05, 0) is 42.8 Å². The zero-order chi connectivity index (χ0) is 17.2. The number of amides is 1. The van der Waals surface area contributed by atoms with Crippen LogP contribution in [0, 0.1) is 6.92 Å². The highest BCUT2D eigenvalue weighted by Crippen LogP contribution is 2.26. The Hall–Kier alpha value is -2.09. The van der Waals surface area contributed by atoms with E-state index in [2.05, 4.69) is 5.32 Å². The van der Waals surface area contributed by atoms with E-state index in [0.29, 0.717) is 16.3 Å². The monoisotopic (exact) mass is 354 g/mol. The fourth-order valence-corrected chi connectivity index (χ4v) is 2.88. The summed E-state index contributed by atoms with van der Waals surface area (Å²) in [4.78, 5) is 12.1. The average Bonchev–Trinajstić information content (AvgIpc) is 2.50. The van der Waals surface area contributed by atoms with E-state index >= 15 is 0 Å². The second-order valence-corrected chi connectivity index (χ2v) is 6.71. The number of carbonyl (C=O) groups is 1. The SMILES string of the molecule is COc1ccc(C(=O)Nc2cccc(Cl)c2C)cc1S(N)(=O)=O. The molecule has 0 unspecified atom stereocenters. The third-order valence-electron chi connectivity index (χ3n) is 3.25. The number of hydrogen-bond donors (Lipinski definition) is 2. The lowest BCUT2D eigenvalue weighted by molar-refractivity contribution is 0.102. The molecule has 0 fully saturated rings. The fraction of sp³-hybridized carbons (Fsp3) is 0.133. The van der Waals surface area contributed by atoms with Crippen molar-refractivity contribution < 1.29 is 17.9 Å². The Balaban J connectivity index is 2.39. The fourth-order valence-electron chi connectivity index (χ4n) is 1.98. The van der Waals surface area contributed by atoms with Gasteiger partial charge in [0.2, 0.25) is 10.0 Å². The molecule has 0 bridgehead atoms. The van der Waals surface area contributed by atoms with E-state index < -0.39 is 15.9 Å². The summed E-state index contributed by atoms with van der Waals surface area (Å²) in [5.74, 6) is -0.411. The number of anilines is 1. The molecule has 0 radical (unpaired) electrons. The van der Waals surface area contributed by atoms with Crippen molar-refractivity contribution in [3.8, 4) is 5.75 Å². The summed E-state index contributed by atoms with van der Waals surface area (Å²) in [6.07, 6.45) is 0. The molecule has 8 heteroatoms. The van der Waals surface area contributed by atoms with Crippen LogP contribution in [0.3, 0.4) is 0 Å². The van der Waals surface area contributed by atoms with Crippen LogP contribution in [0.2, 0.25) is 5.02 Å². The van der Waals surface area contributed by atoms with E-state index in [9.17, 15) is 13.2 Å². The Bertz CT molecular complexity index is 866. The lowest BCUT2D eigenvalue weighted by Gasteiger charge is -2.11. The standard InChI is InChI=1S/C15H15ClN2O4S/c1-9-11(16)4-3-5-12(9)18-15(19)10-6-7-13(22-2)14(8-10)23(17,20)21/h3-8H,1-2H3,(H,18,19)(H2,17,20,21). The molecule has 122 valence electrons. The second kappa shape index (κ2) is 6.57. The predicted octanol–water partition coefficient (Wildman–Crippen LogP) is 2.56. The summed E-state index contributed by atoms with van der Waals surface area (Å²) in [6, 6.07) is 9.10. The number of hydrogen-bond acceptors (Lipinski definition) is 4. The molecule has 23 heavy (non-hydrogen) atoms. The number of benzene rings is 2. The summed E-state index contributed by atoms with van der Waals surface area (Å²) in [6.45, 7) is 1.77. The minimum atomic E-state index is -4.02. The van der Waals surface area contributed by atoms with Gasteiger partial charge in [0.25, 0.3) is 5.91 Å². The molecule has 0 aromatic heterocycles. The quantitative estimate of drug-likeness (QED) is 0.881. The molecule has 0 spiro atoms. The Kier molecular flexibility index (Phi) is 4.93. The van der Waals surface area contributed by atoms with Crippen molar-refractivity contribution in [2.75, 3.05) is 12.4 Å². The summed E-state index contributed by atoms with van der Waals surface area (Å²) in [5.41, 5.74) is 1.38. The van der Waals surface area contributed by atoms with Crippen molar-refractivity contribution in [2.45, 2.75) is 11.8 Å². The third kappa shape index (κ3) is 3.82. The van der Waals surface area contributed by atoms with Crippen molar-refractivity contribution in [1.82, 2.24) is 0 Å². The van der Waals surface area contributed by atoms with Gasteiger partial charge in [-0.25, -0.2) is 13.6 Å². The van der Waals surface area contributed by atoms with Crippen LogP contribution >= 0.6 is 11.6 Å². The highest BCUT2D eigenvalue weighted by atomic mass is 35.5. The van der Waals surface area contributed by atoms with Gasteiger partial charge in [-0.15, -0.1) is 0 Å². The first-order chi connectivity index (χ1) is 10.7. The molecule has 1 amide bonds. The van der Waals surface area contributed by atoms with Crippen molar-refractivity contribution in [1.29, 1.82) is 0 Å². The molecular formula is C15H15ClN2O4S.